The fraction of sp³-hybridized carbons (Fsp3) is 0.600. The van der Waals surface area contributed by atoms with Crippen molar-refractivity contribution in [3.8, 4) is 22.9 Å². The molecule has 43 heavy (non-hydrogen) atoms. The lowest BCUT2D eigenvalue weighted by atomic mass is 10.0. The molecule has 0 aliphatic carbocycles. The Labute approximate surface area is 261 Å². The molecule has 0 aliphatic heterocycles. The number of aliphatic hydroxyl groups is 2. The van der Waals surface area contributed by atoms with Gasteiger partial charge in [0.05, 0.1) is 31.9 Å². The van der Waals surface area contributed by atoms with Crippen molar-refractivity contribution in [2.45, 2.75) is 101 Å². The molecule has 2 rings (SSSR count). The Hall–Kier alpha value is -2.83. The van der Waals surface area contributed by atoms with Gasteiger partial charge in [-0.2, -0.15) is 5.26 Å². The second-order valence-corrected chi connectivity index (χ2v) is 9.80. The number of hydrogen-bond donors (Lipinski definition) is 3. The quantitative estimate of drug-likeness (QED) is 0.114. The first-order valence-corrected chi connectivity index (χ1v) is 15.5. The number of halogens is 1. The molecule has 0 aliphatic rings. The van der Waals surface area contributed by atoms with Gasteiger partial charge in [-0.3, -0.25) is 4.79 Å². The zero-order valence-corrected chi connectivity index (χ0v) is 28.2. The topological polar surface area (TPSA) is 112 Å². The van der Waals surface area contributed by atoms with E-state index in [2.05, 4.69) is 33.0 Å². The van der Waals surface area contributed by atoms with Crippen LogP contribution >= 0.6 is 0 Å². The summed E-state index contributed by atoms with van der Waals surface area (Å²) in [5, 5.41) is 27.6. The third-order valence-electron chi connectivity index (χ3n) is 5.89. The van der Waals surface area contributed by atoms with Crippen molar-refractivity contribution < 1.29 is 28.9 Å². The van der Waals surface area contributed by atoms with Crippen LogP contribution in [-0.2, 0) is 9.53 Å². The molecule has 246 valence electrons. The van der Waals surface area contributed by atoms with Crippen molar-refractivity contribution in [2.75, 3.05) is 32.9 Å². The zero-order valence-electron chi connectivity index (χ0n) is 28.2. The number of aryl methyl sites for hydroxylation is 2. The molecule has 2 unspecified atom stereocenters. The van der Waals surface area contributed by atoms with Gasteiger partial charge in [-0.25, -0.2) is 4.39 Å². The first-order valence-electron chi connectivity index (χ1n) is 15.5. The molecule has 0 amide bonds. The smallest absolute Gasteiger partial charge is 0.298 e. The summed E-state index contributed by atoms with van der Waals surface area (Å²) in [6, 6.07) is 12.4. The zero-order chi connectivity index (χ0) is 33.5. The second-order valence-electron chi connectivity index (χ2n) is 9.80. The van der Waals surface area contributed by atoms with Crippen LogP contribution in [0.25, 0.3) is 11.1 Å². The Morgan fingerprint density at radius 1 is 1.02 bits per heavy atom. The van der Waals surface area contributed by atoms with E-state index in [4.69, 9.17) is 24.9 Å². The van der Waals surface area contributed by atoms with Gasteiger partial charge >= 0.3 is 0 Å². The summed E-state index contributed by atoms with van der Waals surface area (Å²) in [6.07, 6.45) is 5.91. The van der Waals surface area contributed by atoms with Gasteiger partial charge in [0.15, 0.2) is 0 Å². The Morgan fingerprint density at radius 3 is 2.09 bits per heavy atom. The maximum Gasteiger partial charge on any atom is 0.298 e. The van der Waals surface area contributed by atoms with Crippen molar-refractivity contribution in [3.05, 3.63) is 53.3 Å². The van der Waals surface area contributed by atoms with E-state index >= 15 is 0 Å². The monoisotopic (exact) mass is 606 g/mol. The Bertz CT molecular complexity index is 962. The van der Waals surface area contributed by atoms with E-state index in [1.807, 2.05) is 39.0 Å². The molecule has 0 aromatic heterocycles. The molecule has 0 spiro atoms. The molecule has 2 aromatic carbocycles. The summed E-state index contributed by atoms with van der Waals surface area (Å²) >= 11 is 0. The van der Waals surface area contributed by atoms with E-state index in [-0.39, 0.29) is 18.5 Å². The third kappa shape index (κ3) is 26.5. The molecular weight excluding hydrogens is 547 g/mol. The largest absolute Gasteiger partial charge is 0.428 e. The normalized spacial score (nSPS) is 10.9. The first-order chi connectivity index (χ1) is 20.6. The summed E-state index contributed by atoms with van der Waals surface area (Å²) in [5.41, 5.74) is 3.15. The number of rotatable bonds is 14. The van der Waals surface area contributed by atoms with Crippen molar-refractivity contribution in [1.29, 1.82) is 5.26 Å². The van der Waals surface area contributed by atoms with Gasteiger partial charge < -0.3 is 25.0 Å². The summed E-state index contributed by atoms with van der Waals surface area (Å²) < 4.78 is 23.6. The number of hydrogen-bond acceptors (Lipinski definition) is 7. The van der Waals surface area contributed by atoms with Crippen LogP contribution in [0.4, 0.5) is 4.39 Å². The predicted octanol–water partition coefficient (Wildman–Crippen LogP) is 7.78. The summed E-state index contributed by atoms with van der Waals surface area (Å²) in [4.78, 5) is 10.3. The van der Waals surface area contributed by atoms with Gasteiger partial charge in [0, 0.05) is 13.2 Å². The van der Waals surface area contributed by atoms with Crippen molar-refractivity contribution in [3.63, 3.8) is 0 Å². The number of aliphatic hydroxyl groups excluding tert-OH is 2. The maximum atomic E-state index is 13.5. The van der Waals surface area contributed by atoms with Gasteiger partial charge in [0.25, 0.3) is 6.47 Å². The number of nitrogens with zero attached hydrogens (tertiary/aromatic N) is 1. The Morgan fingerprint density at radius 2 is 1.63 bits per heavy atom. The van der Waals surface area contributed by atoms with Gasteiger partial charge in [-0.15, -0.1) is 0 Å². The first kappa shape index (κ1) is 44.6. The number of carbonyl (C=O) groups is 1. The summed E-state index contributed by atoms with van der Waals surface area (Å²) in [5.74, 6) is 1.10. The number of benzene rings is 2. The van der Waals surface area contributed by atoms with Crippen LogP contribution in [0.15, 0.2) is 36.4 Å². The van der Waals surface area contributed by atoms with Crippen LogP contribution < -0.4 is 10.1 Å². The van der Waals surface area contributed by atoms with E-state index < -0.39 is 0 Å². The van der Waals surface area contributed by atoms with Gasteiger partial charge in [-0.1, -0.05) is 79.0 Å². The Kier molecular flexibility index (Phi) is 33.3. The summed E-state index contributed by atoms with van der Waals surface area (Å²) in [7, 11) is 0. The summed E-state index contributed by atoms with van der Waals surface area (Å²) in [6.45, 7) is 20.7. The lowest BCUT2D eigenvalue weighted by Gasteiger charge is -2.09. The van der Waals surface area contributed by atoms with E-state index in [9.17, 15) is 9.18 Å². The molecule has 2 aromatic rings. The van der Waals surface area contributed by atoms with Crippen LogP contribution in [0.2, 0.25) is 0 Å². The van der Waals surface area contributed by atoms with E-state index in [1.165, 1.54) is 31.7 Å². The highest BCUT2D eigenvalue weighted by molar-refractivity contribution is 5.66. The fourth-order valence-electron chi connectivity index (χ4n) is 3.00. The number of unbranched alkanes of at least 4 members (excludes halogenated alkanes) is 1. The molecule has 8 heteroatoms. The molecule has 0 radical (unpaired) electrons. The minimum Gasteiger partial charge on any atom is -0.428 e. The standard InChI is InChI=1S/C15H13FO2.C10H22O2.C4H8N2O.C4H10.C2H6/c1-10-3-4-13(8-14(10)16)12-5-6-15(18-9-17)11(2)7-12;1-4-9(2)6-5-7-12-8-10(3)11;5-1-2-6-3-4-7;1-3-4-2;1-2/h3-9H,1-2H3;9-11H,4-8H2,1-3H3;6-7H,2-4H2;3-4H2,1-2H3;1-2H3. The lowest BCUT2D eigenvalue weighted by Crippen LogP contribution is -2.17. The number of nitrogens with one attached hydrogen (secondary N) is 1. The predicted molar refractivity (Wildman–Crippen MR) is 177 cm³/mol. The van der Waals surface area contributed by atoms with E-state index in [1.54, 1.807) is 32.0 Å². The highest BCUT2D eigenvalue weighted by Crippen LogP contribution is 2.27. The minimum absolute atomic E-state index is 0.0989. The van der Waals surface area contributed by atoms with Crippen LogP contribution in [0, 0.1) is 36.9 Å². The van der Waals surface area contributed by atoms with Crippen molar-refractivity contribution in [2.24, 2.45) is 5.92 Å². The molecular formula is C35H59FN2O5. The highest BCUT2D eigenvalue weighted by atomic mass is 19.1. The Balaban J connectivity index is -0.000000553. The van der Waals surface area contributed by atoms with E-state index in [0.717, 1.165) is 35.6 Å². The molecule has 0 saturated heterocycles. The van der Waals surface area contributed by atoms with Crippen molar-refractivity contribution >= 4 is 6.47 Å². The number of ether oxygens (including phenoxy) is 2. The molecule has 0 bridgehead atoms. The van der Waals surface area contributed by atoms with Gasteiger partial charge in [0.1, 0.15) is 11.6 Å². The van der Waals surface area contributed by atoms with Crippen molar-refractivity contribution in [1.82, 2.24) is 5.32 Å². The molecule has 7 nitrogen and oxygen atoms in total. The van der Waals surface area contributed by atoms with E-state index in [0.29, 0.717) is 37.5 Å². The second kappa shape index (κ2) is 32.1. The average Bonchev–Trinajstić information content (AvgIpc) is 3.01. The van der Waals surface area contributed by atoms with Crippen LogP contribution in [0.5, 0.6) is 5.75 Å². The number of nitriles is 1. The molecule has 0 fully saturated rings. The van der Waals surface area contributed by atoms with Crippen LogP contribution in [0.3, 0.4) is 0 Å². The SMILES string of the molecule is CC.CCC(C)CCCOCC(C)O.CCCC.Cc1ccc(-c2ccc(OC=O)c(C)c2)cc1F.N#CCNCCO. The maximum absolute atomic E-state index is 13.5. The van der Waals surface area contributed by atoms with Gasteiger partial charge in [-0.05, 0) is 80.0 Å². The fourth-order valence-corrected chi connectivity index (χ4v) is 3.00. The molecule has 0 saturated carbocycles. The molecule has 0 heterocycles. The minimum atomic E-state index is -0.325. The molecule has 2 atom stereocenters. The van der Waals surface area contributed by atoms with Gasteiger partial charge in [0.2, 0.25) is 0 Å². The molecule has 3 N–H and O–H groups in total. The van der Waals surface area contributed by atoms with Crippen LogP contribution in [-0.4, -0.2) is 55.7 Å². The lowest BCUT2D eigenvalue weighted by molar-refractivity contribution is -0.120. The van der Waals surface area contributed by atoms with Crippen LogP contribution in [0.1, 0.15) is 91.7 Å². The number of carbonyl (C=O) groups excluding carboxylic acids is 1. The third-order valence-corrected chi connectivity index (χ3v) is 5.89. The average molecular weight is 607 g/mol. The highest BCUT2D eigenvalue weighted by Gasteiger charge is 2.05.